The lowest BCUT2D eigenvalue weighted by Crippen LogP contribution is -2.37. The molecule has 0 radical (unpaired) electrons. The zero-order valence-corrected chi connectivity index (χ0v) is 11.5. The molecule has 1 aliphatic carbocycles. The Morgan fingerprint density at radius 1 is 1.32 bits per heavy atom. The predicted molar refractivity (Wildman–Crippen MR) is 74.4 cm³/mol. The monoisotopic (exact) mass is 265 g/mol. The number of ether oxygens (including phenoxy) is 1. The van der Waals surface area contributed by atoms with Crippen molar-refractivity contribution in [2.75, 3.05) is 13.2 Å². The molecule has 0 unspecified atom stereocenters. The number of phenols is 1. The molecule has 0 amide bonds. The van der Waals surface area contributed by atoms with Gasteiger partial charge >= 0.3 is 0 Å². The normalized spacial score (nSPS) is 17.6. The molecule has 1 aromatic rings. The van der Waals surface area contributed by atoms with Gasteiger partial charge in [0.25, 0.3) is 0 Å². The van der Waals surface area contributed by atoms with Gasteiger partial charge in [0, 0.05) is 18.7 Å². The van der Waals surface area contributed by atoms with E-state index in [1.807, 2.05) is 19.1 Å². The first-order valence-corrected chi connectivity index (χ1v) is 7.01. The van der Waals surface area contributed by atoms with Crippen LogP contribution in [0.1, 0.15) is 38.2 Å². The average Bonchev–Trinajstić information content (AvgIpc) is 2.81. The highest BCUT2D eigenvalue weighted by Crippen LogP contribution is 2.31. The summed E-state index contributed by atoms with van der Waals surface area (Å²) in [4.78, 5) is 0. The number of hydrogen-bond donors (Lipinski definition) is 3. The molecule has 2 rings (SSSR count). The number of aromatic hydroxyl groups is 1. The Morgan fingerprint density at radius 2 is 2.05 bits per heavy atom. The van der Waals surface area contributed by atoms with Crippen molar-refractivity contribution in [2.45, 2.75) is 44.8 Å². The third-order valence-electron chi connectivity index (χ3n) is 3.69. The van der Waals surface area contributed by atoms with Gasteiger partial charge in [-0.15, -0.1) is 0 Å². The summed E-state index contributed by atoms with van der Waals surface area (Å²) >= 11 is 0. The molecule has 1 fully saturated rings. The van der Waals surface area contributed by atoms with Crippen LogP contribution in [0.25, 0.3) is 0 Å². The maximum absolute atomic E-state index is 10.2. The van der Waals surface area contributed by atoms with E-state index in [1.165, 1.54) is 0 Å². The minimum Gasteiger partial charge on any atom is -0.504 e. The zero-order chi connectivity index (χ0) is 13.7. The van der Waals surface area contributed by atoms with E-state index in [1.54, 1.807) is 6.07 Å². The molecule has 4 nitrogen and oxygen atoms in total. The summed E-state index contributed by atoms with van der Waals surface area (Å²) in [6, 6.07) is 5.49. The molecule has 0 aromatic heterocycles. The van der Waals surface area contributed by atoms with Crippen LogP contribution in [-0.4, -0.2) is 29.0 Å². The van der Waals surface area contributed by atoms with Crippen LogP contribution in [0.2, 0.25) is 0 Å². The number of para-hydroxylation sites is 1. The van der Waals surface area contributed by atoms with Crippen LogP contribution in [-0.2, 0) is 6.54 Å². The smallest absolute Gasteiger partial charge is 0.162 e. The van der Waals surface area contributed by atoms with Gasteiger partial charge in [-0.05, 0) is 25.8 Å². The topological polar surface area (TPSA) is 61.7 Å². The highest BCUT2D eigenvalue weighted by atomic mass is 16.5. The van der Waals surface area contributed by atoms with Crippen molar-refractivity contribution in [1.29, 1.82) is 0 Å². The Balaban J connectivity index is 1.90. The predicted octanol–water partition coefficient (Wildman–Crippen LogP) is 2.19. The van der Waals surface area contributed by atoms with E-state index in [0.717, 1.165) is 31.2 Å². The van der Waals surface area contributed by atoms with E-state index in [-0.39, 0.29) is 5.75 Å². The molecule has 0 spiro atoms. The first-order valence-electron chi connectivity index (χ1n) is 7.01. The van der Waals surface area contributed by atoms with Crippen molar-refractivity contribution in [3.8, 4) is 11.5 Å². The van der Waals surface area contributed by atoms with E-state index < -0.39 is 5.60 Å². The van der Waals surface area contributed by atoms with Gasteiger partial charge in [0.1, 0.15) is 0 Å². The minimum atomic E-state index is -0.562. The Labute approximate surface area is 114 Å². The number of nitrogens with one attached hydrogen (secondary N) is 1. The Morgan fingerprint density at radius 3 is 2.74 bits per heavy atom. The van der Waals surface area contributed by atoms with Crippen LogP contribution in [0, 0.1) is 0 Å². The second kappa shape index (κ2) is 6.26. The van der Waals surface area contributed by atoms with Crippen LogP contribution in [0.3, 0.4) is 0 Å². The summed E-state index contributed by atoms with van der Waals surface area (Å²) in [7, 11) is 0. The second-order valence-corrected chi connectivity index (χ2v) is 5.23. The van der Waals surface area contributed by atoms with Crippen LogP contribution in [0.4, 0.5) is 0 Å². The highest BCUT2D eigenvalue weighted by molar-refractivity contribution is 5.45. The summed E-state index contributed by atoms with van der Waals surface area (Å²) in [5.74, 6) is 0.705. The largest absolute Gasteiger partial charge is 0.504 e. The van der Waals surface area contributed by atoms with Crippen LogP contribution in [0.15, 0.2) is 18.2 Å². The van der Waals surface area contributed by atoms with E-state index in [0.29, 0.717) is 25.4 Å². The van der Waals surface area contributed by atoms with Gasteiger partial charge < -0.3 is 20.3 Å². The van der Waals surface area contributed by atoms with Crippen molar-refractivity contribution in [2.24, 2.45) is 0 Å². The fourth-order valence-electron chi connectivity index (χ4n) is 2.62. The molecular formula is C15H23NO3. The second-order valence-electron chi connectivity index (χ2n) is 5.23. The SMILES string of the molecule is CCOc1cccc(CNCC2(O)CCCC2)c1O. The lowest BCUT2D eigenvalue weighted by atomic mass is 10.0. The van der Waals surface area contributed by atoms with Crippen molar-refractivity contribution in [1.82, 2.24) is 5.32 Å². The van der Waals surface area contributed by atoms with Crippen molar-refractivity contribution >= 4 is 0 Å². The Kier molecular flexibility index (Phi) is 4.66. The molecule has 106 valence electrons. The standard InChI is InChI=1S/C15H23NO3/c1-2-19-13-7-5-6-12(14(13)17)10-16-11-15(18)8-3-4-9-15/h5-7,16-18H,2-4,8-11H2,1H3. The zero-order valence-electron chi connectivity index (χ0n) is 11.5. The molecule has 0 bridgehead atoms. The first kappa shape index (κ1) is 14.2. The number of aliphatic hydroxyl groups is 1. The van der Waals surface area contributed by atoms with E-state index in [2.05, 4.69) is 5.32 Å². The van der Waals surface area contributed by atoms with Gasteiger partial charge in [0.2, 0.25) is 0 Å². The highest BCUT2D eigenvalue weighted by Gasteiger charge is 2.30. The molecule has 19 heavy (non-hydrogen) atoms. The quantitative estimate of drug-likeness (QED) is 0.738. The number of phenolic OH excluding ortho intramolecular Hbond substituents is 1. The molecule has 4 heteroatoms. The first-order chi connectivity index (χ1) is 9.14. The Bertz CT molecular complexity index is 414. The molecule has 3 N–H and O–H groups in total. The van der Waals surface area contributed by atoms with Crippen LogP contribution < -0.4 is 10.1 Å². The fraction of sp³-hybridized carbons (Fsp3) is 0.600. The van der Waals surface area contributed by atoms with Gasteiger partial charge in [-0.25, -0.2) is 0 Å². The number of benzene rings is 1. The summed E-state index contributed by atoms with van der Waals surface area (Å²) in [5.41, 5.74) is 0.236. The van der Waals surface area contributed by atoms with E-state index in [9.17, 15) is 10.2 Å². The summed E-state index contributed by atoms with van der Waals surface area (Å²) < 4.78 is 5.35. The average molecular weight is 265 g/mol. The lowest BCUT2D eigenvalue weighted by molar-refractivity contribution is 0.0474. The van der Waals surface area contributed by atoms with Gasteiger partial charge in [-0.2, -0.15) is 0 Å². The third-order valence-corrected chi connectivity index (χ3v) is 3.69. The molecular weight excluding hydrogens is 242 g/mol. The van der Waals surface area contributed by atoms with Crippen LogP contribution in [0.5, 0.6) is 11.5 Å². The molecule has 0 saturated heterocycles. The minimum absolute atomic E-state index is 0.190. The molecule has 0 aliphatic heterocycles. The molecule has 1 aliphatic rings. The molecule has 1 aromatic carbocycles. The van der Waals surface area contributed by atoms with E-state index >= 15 is 0 Å². The van der Waals surface area contributed by atoms with E-state index in [4.69, 9.17) is 4.74 Å². The summed E-state index contributed by atoms with van der Waals surface area (Å²) in [5, 5.41) is 23.5. The maximum Gasteiger partial charge on any atom is 0.162 e. The van der Waals surface area contributed by atoms with Gasteiger partial charge in [0.05, 0.1) is 12.2 Å². The fourth-order valence-corrected chi connectivity index (χ4v) is 2.62. The van der Waals surface area contributed by atoms with Gasteiger partial charge in [0.15, 0.2) is 11.5 Å². The molecule has 0 atom stereocenters. The van der Waals surface area contributed by atoms with Crippen LogP contribution >= 0.6 is 0 Å². The maximum atomic E-state index is 10.2. The number of rotatable bonds is 6. The molecule has 0 heterocycles. The lowest BCUT2D eigenvalue weighted by Gasteiger charge is -2.22. The van der Waals surface area contributed by atoms with Gasteiger partial charge in [-0.1, -0.05) is 25.0 Å². The van der Waals surface area contributed by atoms with Crippen molar-refractivity contribution < 1.29 is 14.9 Å². The van der Waals surface area contributed by atoms with Crippen molar-refractivity contribution in [3.63, 3.8) is 0 Å². The Hall–Kier alpha value is -1.26. The summed E-state index contributed by atoms with van der Waals surface area (Å²) in [6.45, 7) is 3.53. The van der Waals surface area contributed by atoms with Crippen molar-refractivity contribution in [3.05, 3.63) is 23.8 Å². The van der Waals surface area contributed by atoms with Gasteiger partial charge in [-0.3, -0.25) is 0 Å². The molecule has 1 saturated carbocycles. The summed E-state index contributed by atoms with van der Waals surface area (Å²) in [6.07, 6.45) is 3.93. The third kappa shape index (κ3) is 3.61. The number of hydrogen-bond acceptors (Lipinski definition) is 4.